The fourth-order valence-electron chi connectivity index (χ4n) is 2.90. The molecule has 2 amide bonds. The lowest BCUT2D eigenvalue weighted by molar-refractivity contribution is 0.0531. The summed E-state index contributed by atoms with van der Waals surface area (Å²) >= 11 is 1.17. The van der Waals surface area contributed by atoms with E-state index in [4.69, 9.17) is 4.74 Å². The number of hydrogen-bond acceptors (Lipinski definition) is 5. The smallest absolute Gasteiger partial charge is 0.350 e. The molecule has 1 saturated heterocycles. The highest BCUT2D eigenvalue weighted by Crippen LogP contribution is 2.32. The molecule has 0 radical (unpaired) electrons. The maximum absolute atomic E-state index is 13.0. The fraction of sp³-hybridized carbons (Fsp3) is 0.389. The molecular weight excluding hydrogens is 357 g/mol. The van der Waals surface area contributed by atoms with Gasteiger partial charge in [0, 0.05) is 13.1 Å². The second-order valence-electron chi connectivity index (χ2n) is 6.14. The largest absolute Gasteiger partial charge is 0.462 e. The van der Waals surface area contributed by atoms with Crippen LogP contribution in [0.3, 0.4) is 0 Å². The van der Waals surface area contributed by atoms with E-state index in [-0.39, 0.29) is 24.5 Å². The zero-order chi connectivity index (χ0) is 18.8. The van der Waals surface area contributed by atoms with E-state index in [1.807, 2.05) is 6.92 Å². The minimum Gasteiger partial charge on any atom is -0.462 e. The Morgan fingerprint density at radius 3 is 2.73 bits per heavy atom. The topological polar surface area (TPSA) is 62.7 Å². The van der Waals surface area contributed by atoms with Crippen LogP contribution >= 0.6 is 11.3 Å². The number of amides is 2. The van der Waals surface area contributed by atoms with Gasteiger partial charge >= 0.3 is 12.0 Å². The van der Waals surface area contributed by atoms with E-state index in [1.165, 1.54) is 23.5 Å². The maximum atomic E-state index is 13.0. The highest BCUT2D eigenvalue weighted by Gasteiger charge is 2.38. The Labute approximate surface area is 155 Å². The third-order valence-corrected chi connectivity index (χ3v) is 5.28. The van der Waals surface area contributed by atoms with E-state index in [0.717, 1.165) is 5.56 Å². The average Bonchev–Trinajstić information content (AvgIpc) is 3.10. The third-order valence-electron chi connectivity index (χ3n) is 4.14. The molecule has 1 unspecified atom stereocenters. The van der Waals surface area contributed by atoms with Crippen LogP contribution in [0.25, 0.3) is 0 Å². The van der Waals surface area contributed by atoms with E-state index in [1.54, 1.807) is 35.8 Å². The molecule has 0 aliphatic carbocycles. The van der Waals surface area contributed by atoms with Gasteiger partial charge in [0.05, 0.1) is 18.3 Å². The van der Waals surface area contributed by atoms with E-state index in [0.29, 0.717) is 28.8 Å². The van der Waals surface area contributed by atoms with Crippen molar-refractivity contribution >= 4 is 28.5 Å². The van der Waals surface area contributed by atoms with Crippen LogP contribution in [0.4, 0.5) is 14.3 Å². The predicted molar refractivity (Wildman–Crippen MR) is 97.0 cm³/mol. The molecule has 2 aromatic rings. The Bertz CT molecular complexity index is 822. The van der Waals surface area contributed by atoms with Gasteiger partial charge in [-0.3, -0.25) is 4.90 Å². The summed E-state index contributed by atoms with van der Waals surface area (Å²) in [4.78, 5) is 32.9. The van der Waals surface area contributed by atoms with Crippen molar-refractivity contribution in [3.63, 3.8) is 0 Å². The van der Waals surface area contributed by atoms with Crippen LogP contribution in [0.15, 0.2) is 24.3 Å². The van der Waals surface area contributed by atoms with Gasteiger partial charge in [-0.25, -0.2) is 19.0 Å². The number of carbonyl (C=O) groups is 2. The van der Waals surface area contributed by atoms with E-state index in [9.17, 15) is 14.0 Å². The van der Waals surface area contributed by atoms with Crippen molar-refractivity contribution in [2.45, 2.75) is 33.4 Å². The monoisotopic (exact) mass is 377 g/mol. The summed E-state index contributed by atoms with van der Waals surface area (Å²) in [6.45, 7) is 6.63. The molecule has 138 valence electrons. The molecule has 8 heteroatoms. The Balaban J connectivity index is 1.78. The number of aromatic nitrogens is 1. The van der Waals surface area contributed by atoms with Crippen molar-refractivity contribution < 1.29 is 18.7 Å². The van der Waals surface area contributed by atoms with Gasteiger partial charge < -0.3 is 9.64 Å². The molecule has 2 heterocycles. The van der Waals surface area contributed by atoms with E-state index in [2.05, 4.69) is 4.98 Å². The number of benzene rings is 1. The van der Waals surface area contributed by atoms with Crippen LogP contribution in [-0.4, -0.2) is 41.1 Å². The number of ether oxygens (including phenoxy) is 1. The molecule has 1 atom stereocenters. The number of anilines is 1. The Kier molecular flexibility index (Phi) is 5.22. The summed E-state index contributed by atoms with van der Waals surface area (Å²) in [5.41, 5.74) is 1.41. The Morgan fingerprint density at radius 2 is 2.08 bits per heavy atom. The van der Waals surface area contributed by atoms with Gasteiger partial charge in [-0.2, -0.15) is 0 Å². The molecule has 0 N–H and O–H groups in total. The molecule has 0 bridgehead atoms. The fourth-order valence-corrected chi connectivity index (χ4v) is 3.96. The minimum atomic E-state index is -0.420. The van der Waals surface area contributed by atoms with Gasteiger partial charge in [-0.05, 0) is 38.5 Å². The summed E-state index contributed by atoms with van der Waals surface area (Å²) in [6, 6.07) is 5.85. The van der Waals surface area contributed by atoms with E-state index < -0.39 is 5.97 Å². The summed E-state index contributed by atoms with van der Waals surface area (Å²) in [6.07, 6.45) is 0. The molecule has 1 aromatic heterocycles. The number of esters is 1. The molecule has 1 aliphatic rings. The molecule has 3 rings (SSSR count). The van der Waals surface area contributed by atoms with Crippen molar-refractivity contribution in [1.29, 1.82) is 0 Å². The third kappa shape index (κ3) is 3.55. The number of thiazole rings is 1. The average molecular weight is 377 g/mol. The summed E-state index contributed by atoms with van der Waals surface area (Å²) in [5, 5.41) is 0.490. The van der Waals surface area contributed by atoms with Crippen LogP contribution in [0.5, 0.6) is 0 Å². The van der Waals surface area contributed by atoms with Gasteiger partial charge in [0.1, 0.15) is 10.7 Å². The second-order valence-corrected chi connectivity index (χ2v) is 7.12. The maximum Gasteiger partial charge on any atom is 0.350 e. The van der Waals surface area contributed by atoms with E-state index >= 15 is 0 Å². The number of nitrogens with zero attached hydrogens (tertiary/aromatic N) is 3. The van der Waals surface area contributed by atoms with Crippen molar-refractivity contribution in [2.75, 3.05) is 18.1 Å². The standard InChI is InChI=1S/C18H20FN3O3S/c1-4-25-16(23)15-12(3)20-17(26-15)22-11(2)9-21(18(22)24)10-13-5-7-14(19)8-6-13/h5-8,11H,4,9-10H2,1-3H3. The number of aryl methyl sites for hydroxylation is 1. The zero-order valence-corrected chi connectivity index (χ0v) is 15.7. The molecule has 26 heavy (non-hydrogen) atoms. The Hall–Kier alpha value is -2.48. The van der Waals surface area contributed by atoms with Crippen LogP contribution in [-0.2, 0) is 11.3 Å². The predicted octanol–water partition coefficient (Wildman–Crippen LogP) is 3.60. The van der Waals surface area contributed by atoms with Gasteiger partial charge in [-0.1, -0.05) is 23.5 Å². The van der Waals surface area contributed by atoms with Crippen molar-refractivity contribution in [1.82, 2.24) is 9.88 Å². The number of urea groups is 1. The van der Waals surface area contributed by atoms with Crippen LogP contribution in [0, 0.1) is 12.7 Å². The summed E-state index contributed by atoms with van der Waals surface area (Å²) in [7, 11) is 0. The number of hydrogen-bond donors (Lipinski definition) is 0. The Morgan fingerprint density at radius 1 is 1.38 bits per heavy atom. The van der Waals surface area contributed by atoms with Crippen LogP contribution in [0.2, 0.25) is 0 Å². The molecule has 1 aromatic carbocycles. The number of rotatable bonds is 5. The van der Waals surface area contributed by atoms with Gasteiger partial charge in [0.25, 0.3) is 0 Å². The zero-order valence-electron chi connectivity index (χ0n) is 14.9. The molecule has 0 saturated carbocycles. The minimum absolute atomic E-state index is 0.0801. The first kappa shape index (κ1) is 18.3. The van der Waals surface area contributed by atoms with Gasteiger partial charge in [0.15, 0.2) is 5.13 Å². The van der Waals surface area contributed by atoms with Gasteiger partial charge in [-0.15, -0.1) is 0 Å². The van der Waals surface area contributed by atoms with Gasteiger partial charge in [0.2, 0.25) is 0 Å². The number of carbonyl (C=O) groups excluding carboxylic acids is 2. The summed E-state index contributed by atoms with van der Waals surface area (Å²) < 4.78 is 18.1. The normalized spacial score (nSPS) is 17.1. The van der Waals surface area contributed by atoms with Crippen molar-refractivity contribution in [3.05, 3.63) is 46.2 Å². The highest BCUT2D eigenvalue weighted by atomic mass is 32.1. The van der Waals surface area contributed by atoms with Crippen LogP contribution in [0.1, 0.15) is 34.8 Å². The second kappa shape index (κ2) is 7.41. The number of halogens is 1. The lowest BCUT2D eigenvalue weighted by Gasteiger charge is -2.17. The lowest BCUT2D eigenvalue weighted by Crippen LogP contribution is -2.33. The molecular formula is C18H20FN3O3S. The first-order valence-electron chi connectivity index (χ1n) is 8.37. The lowest BCUT2D eigenvalue weighted by atomic mass is 10.2. The summed E-state index contributed by atoms with van der Waals surface area (Å²) in [5.74, 6) is -0.725. The molecule has 1 aliphatic heterocycles. The quantitative estimate of drug-likeness (QED) is 0.747. The first-order valence-corrected chi connectivity index (χ1v) is 9.19. The molecule has 6 nitrogen and oxygen atoms in total. The highest BCUT2D eigenvalue weighted by molar-refractivity contribution is 7.17. The van der Waals surface area contributed by atoms with Crippen LogP contribution < -0.4 is 4.90 Å². The molecule has 1 fully saturated rings. The molecule has 0 spiro atoms. The first-order chi connectivity index (χ1) is 12.4. The van der Waals surface area contributed by atoms with Crippen molar-refractivity contribution in [3.8, 4) is 0 Å². The van der Waals surface area contributed by atoms with Crippen molar-refractivity contribution in [2.24, 2.45) is 0 Å². The SMILES string of the molecule is CCOC(=O)c1sc(N2C(=O)N(Cc3ccc(F)cc3)CC2C)nc1C.